The first-order valence-electron chi connectivity index (χ1n) is 6.64. The Morgan fingerprint density at radius 1 is 1.40 bits per heavy atom. The lowest BCUT2D eigenvalue weighted by Crippen LogP contribution is -2.39. The fourth-order valence-electron chi connectivity index (χ4n) is 1.53. The lowest BCUT2D eigenvalue weighted by atomic mass is 10.3. The second-order valence-electron chi connectivity index (χ2n) is 4.38. The van der Waals surface area contributed by atoms with Gasteiger partial charge in [0.15, 0.2) is 6.10 Å². The van der Waals surface area contributed by atoms with Gasteiger partial charge in [0.2, 0.25) is 0 Å². The fraction of sp³-hybridized carbons (Fsp3) is 0.500. The highest BCUT2D eigenvalue weighted by molar-refractivity contribution is 6.32. The summed E-state index contributed by atoms with van der Waals surface area (Å²) in [6, 6.07) is 3.79. The van der Waals surface area contributed by atoms with E-state index in [0.717, 1.165) is 19.0 Å². The molecule has 0 aliphatic carbocycles. The van der Waals surface area contributed by atoms with Crippen molar-refractivity contribution in [1.82, 2.24) is 10.6 Å². The Morgan fingerprint density at radius 2 is 2.15 bits per heavy atom. The van der Waals surface area contributed by atoms with Crippen LogP contribution in [0.25, 0.3) is 0 Å². The highest BCUT2D eigenvalue weighted by Gasteiger charge is 2.15. The average Bonchev–Trinajstić information content (AvgIpc) is 2.41. The third-order valence-corrected chi connectivity index (χ3v) is 2.89. The normalized spacial score (nSPS) is 12.0. The second-order valence-corrected chi connectivity index (χ2v) is 4.78. The van der Waals surface area contributed by atoms with Crippen LogP contribution in [0.1, 0.15) is 20.3 Å². The minimum atomic E-state index is -0.691. The highest BCUT2D eigenvalue weighted by atomic mass is 35.5. The monoisotopic (exact) mass is 302 g/mol. The maximum absolute atomic E-state index is 12.9. The van der Waals surface area contributed by atoms with Gasteiger partial charge in [0.1, 0.15) is 11.6 Å². The van der Waals surface area contributed by atoms with Crippen molar-refractivity contribution in [2.24, 2.45) is 0 Å². The van der Waals surface area contributed by atoms with Gasteiger partial charge in [-0.25, -0.2) is 4.39 Å². The molecule has 2 N–H and O–H groups in total. The molecule has 112 valence electrons. The van der Waals surface area contributed by atoms with Crippen molar-refractivity contribution in [3.05, 3.63) is 29.0 Å². The van der Waals surface area contributed by atoms with Crippen LogP contribution in [0, 0.1) is 5.82 Å². The molecule has 1 aromatic carbocycles. The fourth-order valence-corrected chi connectivity index (χ4v) is 1.75. The van der Waals surface area contributed by atoms with Crippen LogP contribution in [0.4, 0.5) is 4.39 Å². The lowest BCUT2D eigenvalue weighted by Gasteiger charge is -2.15. The van der Waals surface area contributed by atoms with E-state index in [1.54, 1.807) is 6.92 Å². The molecule has 1 atom stereocenters. The Balaban J connectivity index is 2.37. The molecule has 0 bridgehead atoms. The van der Waals surface area contributed by atoms with E-state index >= 15 is 0 Å². The average molecular weight is 303 g/mol. The Morgan fingerprint density at radius 3 is 2.80 bits per heavy atom. The standard InChI is InChI=1S/C14H20ClFN2O2/c1-3-6-17-7-8-18-14(19)10(2)20-13-5-4-11(16)9-12(13)15/h4-5,9-10,17H,3,6-8H2,1-2H3,(H,18,19). The van der Waals surface area contributed by atoms with E-state index < -0.39 is 11.9 Å². The molecule has 4 nitrogen and oxygen atoms in total. The summed E-state index contributed by atoms with van der Waals surface area (Å²) >= 11 is 5.83. The van der Waals surface area contributed by atoms with Gasteiger partial charge in [0.25, 0.3) is 5.91 Å². The van der Waals surface area contributed by atoms with Gasteiger partial charge in [-0.3, -0.25) is 4.79 Å². The van der Waals surface area contributed by atoms with Crippen molar-refractivity contribution < 1.29 is 13.9 Å². The second kappa shape index (κ2) is 8.76. The molecule has 0 heterocycles. The zero-order chi connectivity index (χ0) is 15.0. The Labute approximate surface area is 123 Å². The number of nitrogens with one attached hydrogen (secondary N) is 2. The largest absolute Gasteiger partial charge is 0.479 e. The number of ether oxygens (including phenoxy) is 1. The summed E-state index contributed by atoms with van der Waals surface area (Å²) < 4.78 is 18.3. The molecule has 0 aromatic heterocycles. The number of hydrogen-bond acceptors (Lipinski definition) is 3. The molecule has 20 heavy (non-hydrogen) atoms. The molecule has 0 spiro atoms. The number of halogens is 2. The molecule has 1 amide bonds. The van der Waals surface area contributed by atoms with Crippen molar-refractivity contribution in [3.63, 3.8) is 0 Å². The van der Waals surface area contributed by atoms with E-state index in [0.29, 0.717) is 18.8 Å². The molecule has 0 aliphatic rings. The number of rotatable bonds is 8. The number of hydrogen-bond donors (Lipinski definition) is 2. The predicted octanol–water partition coefficient (Wildman–Crippen LogP) is 2.36. The van der Waals surface area contributed by atoms with Crippen LogP contribution in [-0.4, -0.2) is 31.6 Å². The van der Waals surface area contributed by atoms with Crippen LogP contribution < -0.4 is 15.4 Å². The van der Waals surface area contributed by atoms with E-state index in [2.05, 4.69) is 17.6 Å². The molecule has 6 heteroatoms. The van der Waals surface area contributed by atoms with Gasteiger partial charge < -0.3 is 15.4 Å². The molecule has 0 saturated carbocycles. The number of carbonyl (C=O) groups excluding carboxylic acids is 1. The molecule has 0 saturated heterocycles. The Kier molecular flexibility index (Phi) is 7.33. The minimum Gasteiger partial charge on any atom is -0.479 e. The summed E-state index contributed by atoms with van der Waals surface area (Å²) in [4.78, 5) is 11.8. The SMILES string of the molecule is CCCNCCNC(=O)C(C)Oc1ccc(F)cc1Cl. The zero-order valence-electron chi connectivity index (χ0n) is 11.7. The summed E-state index contributed by atoms with van der Waals surface area (Å²) in [5.74, 6) is -0.384. The van der Waals surface area contributed by atoms with Gasteiger partial charge in [-0.1, -0.05) is 18.5 Å². The molecular weight excluding hydrogens is 283 g/mol. The minimum absolute atomic E-state index is 0.147. The van der Waals surface area contributed by atoms with Gasteiger partial charge in [0, 0.05) is 13.1 Å². The van der Waals surface area contributed by atoms with Crippen molar-refractivity contribution in [1.29, 1.82) is 0 Å². The smallest absolute Gasteiger partial charge is 0.260 e. The van der Waals surface area contributed by atoms with Crippen LogP contribution in [0.3, 0.4) is 0 Å². The molecule has 1 aromatic rings. The van der Waals surface area contributed by atoms with Crippen molar-refractivity contribution in [2.45, 2.75) is 26.4 Å². The van der Waals surface area contributed by atoms with E-state index in [1.807, 2.05) is 0 Å². The van der Waals surface area contributed by atoms with Gasteiger partial charge in [0.05, 0.1) is 5.02 Å². The third-order valence-electron chi connectivity index (χ3n) is 2.59. The summed E-state index contributed by atoms with van der Waals surface area (Å²) in [6.07, 6.45) is 0.361. The van der Waals surface area contributed by atoms with Gasteiger partial charge in [-0.05, 0) is 38.1 Å². The zero-order valence-corrected chi connectivity index (χ0v) is 12.5. The summed E-state index contributed by atoms with van der Waals surface area (Å²) in [5.41, 5.74) is 0. The van der Waals surface area contributed by atoms with E-state index in [4.69, 9.17) is 16.3 Å². The van der Waals surface area contributed by atoms with Crippen LogP contribution in [0.5, 0.6) is 5.75 Å². The lowest BCUT2D eigenvalue weighted by molar-refractivity contribution is -0.127. The Bertz CT molecular complexity index is 443. The van der Waals surface area contributed by atoms with Gasteiger partial charge >= 0.3 is 0 Å². The molecule has 0 radical (unpaired) electrons. The highest BCUT2D eigenvalue weighted by Crippen LogP contribution is 2.25. The summed E-state index contributed by atoms with van der Waals surface area (Å²) in [5, 5.41) is 6.07. The third kappa shape index (κ3) is 5.75. The van der Waals surface area contributed by atoms with Crippen LogP contribution >= 0.6 is 11.6 Å². The molecule has 1 rings (SSSR count). The Hall–Kier alpha value is -1.33. The van der Waals surface area contributed by atoms with E-state index in [-0.39, 0.29) is 10.9 Å². The number of amides is 1. The first-order valence-corrected chi connectivity index (χ1v) is 7.02. The number of carbonyl (C=O) groups is 1. The number of benzene rings is 1. The summed E-state index contributed by atoms with van der Waals surface area (Å²) in [7, 11) is 0. The summed E-state index contributed by atoms with van der Waals surface area (Å²) in [6.45, 7) is 5.86. The quantitative estimate of drug-likeness (QED) is 0.725. The van der Waals surface area contributed by atoms with Gasteiger partial charge in [-0.15, -0.1) is 0 Å². The molecule has 0 aliphatic heterocycles. The predicted molar refractivity (Wildman–Crippen MR) is 77.7 cm³/mol. The van der Waals surface area contributed by atoms with Crippen molar-refractivity contribution >= 4 is 17.5 Å². The van der Waals surface area contributed by atoms with Crippen molar-refractivity contribution in [2.75, 3.05) is 19.6 Å². The van der Waals surface area contributed by atoms with Crippen LogP contribution in [-0.2, 0) is 4.79 Å². The van der Waals surface area contributed by atoms with Crippen molar-refractivity contribution in [3.8, 4) is 5.75 Å². The van der Waals surface area contributed by atoms with Crippen LogP contribution in [0.15, 0.2) is 18.2 Å². The maximum atomic E-state index is 12.9. The molecule has 1 unspecified atom stereocenters. The topological polar surface area (TPSA) is 50.4 Å². The van der Waals surface area contributed by atoms with Crippen LogP contribution in [0.2, 0.25) is 5.02 Å². The molecular formula is C14H20ClFN2O2. The first kappa shape index (κ1) is 16.7. The first-order chi connectivity index (χ1) is 9.54. The van der Waals surface area contributed by atoms with Gasteiger partial charge in [-0.2, -0.15) is 0 Å². The molecule has 0 fully saturated rings. The van der Waals surface area contributed by atoms with E-state index in [9.17, 15) is 9.18 Å². The maximum Gasteiger partial charge on any atom is 0.260 e. The van der Waals surface area contributed by atoms with E-state index in [1.165, 1.54) is 12.1 Å².